The summed E-state index contributed by atoms with van der Waals surface area (Å²) in [5, 5.41) is 2.64. The number of amides is 1. The second-order valence-corrected chi connectivity index (χ2v) is 6.25. The second kappa shape index (κ2) is 6.77. The Hall–Kier alpha value is -1.52. The van der Waals surface area contributed by atoms with Crippen molar-refractivity contribution >= 4 is 12.1 Å². The van der Waals surface area contributed by atoms with Crippen LogP contribution in [-0.4, -0.2) is 30.8 Å². The first kappa shape index (κ1) is 16.5. The minimum atomic E-state index is -0.674. The second-order valence-electron chi connectivity index (χ2n) is 6.25. The van der Waals surface area contributed by atoms with E-state index in [-0.39, 0.29) is 5.92 Å². The number of esters is 1. The number of carbonyl (C=O) groups excluding carboxylic acids is 2. The van der Waals surface area contributed by atoms with E-state index in [1.165, 1.54) is 7.11 Å². The molecule has 5 heteroatoms. The van der Waals surface area contributed by atoms with Crippen molar-refractivity contribution in [3.05, 3.63) is 12.2 Å². The molecule has 5 nitrogen and oxygen atoms in total. The maximum atomic E-state index is 11.9. The van der Waals surface area contributed by atoms with Crippen molar-refractivity contribution in [3.63, 3.8) is 0 Å². The summed E-state index contributed by atoms with van der Waals surface area (Å²) in [6.45, 7) is 9.31. The normalized spacial score (nSPS) is 21.0. The molecule has 0 spiro atoms. The van der Waals surface area contributed by atoms with Gasteiger partial charge in [0.05, 0.1) is 7.11 Å². The van der Waals surface area contributed by atoms with E-state index in [4.69, 9.17) is 9.47 Å². The zero-order chi connectivity index (χ0) is 15.3. The van der Waals surface area contributed by atoms with Gasteiger partial charge in [-0.15, -0.1) is 0 Å². The van der Waals surface area contributed by atoms with Gasteiger partial charge in [0.1, 0.15) is 11.6 Å². The Labute approximate surface area is 120 Å². The maximum Gasteiger partial charge on any atom is 0.408 e. The van der Waals surface area contributed by atoms with E-state index in [1.807, 2.05) is 0 Å². The Morgan fingerprint density at radius 3 is 2.55 bits per heavy atom. The van der Waals surface area contributed by atoms with E-state index in [0.29, 0.717) is 0 Å². The van der Waals surface area contributed by atoms with Crippen molar-refractivity contribution < 1.29 is 19.1 Å². The third-order valence-electron chi connectivity index (χ3n) is 3.25. The summed E-state index contributed by atoms with van der Waals surface area (Å²) >= 11 is 0. The van der Waals surface area contributed by atoms with Crippen LogP contribution in [0.3, 0.4) is 0 Å². The topological polar surface area (TPSA) is 64.6 Å². The van der Waals surface area contributed by atoms with Crippen LogP contribution in [0.4, 0.5) is 4.79 Å². The highest BCUT2D eigenvalue weighted by atomic mass is 16.6. The molecule has 1 N–H and O–H groups in total. The first-order valence-electron chi connectivity index (χ1n) is 6.97. The maximum absolute atomic E-state index is 11.9. The van der Waals surface area contributed by atoms with Crippen molar-refractivity contribution in [3.8, 4) is 0 Å². The fraction of sp³-hybridized carbons (Fsp3) is 0.733. The highest BCUT2D eigenvalue weighted by molar-refractivity contribution is 5.81. The summed E-state index contributed by atoms with van der Waals surface area (Å²) in [5.74, 6) is -0.410. The van der Waals surface area contributed by atoms with Gasteiger partial charge in [-0.3, -0.25) is 0 Å². The molecule has 0 aliphatic heterocycles. The third-order valence-corrected chi connectivity index (χ3v) is 3.25. The number of carbonyl (C=O) groups is 2. The largest absolute Gasteiger partial charge is 0.467 e. The summed E-state index contributed by atoms with van der Waals surface area (Å²) in [6.07, 6.45) is 2.97. The third kappa shape index (κ3) is 5.23. The van der Waals surface area contributed by atoms with Gasteiger partial charge in [0.25, 0.3) is 0 Å². The zero-order valence-electron chi connectivity index (χ0n) is 12.8. The zero-order valence-corrected chi connectivity index (χ0v) is 12.8. The quantitative estimate of drug-likeness (QED) is 0.639. The fourth-order valence-corrected chi connectivity index (χ4v) is 2.40. The molecular formula is C15H25NO4. The lowest BCUT2D eigenvalue weighted by atomic mass is 9.81. The molecule has 1 aliphatic rings. The van der Waals surface area contributed by atoms with E-state index < -0.39 is 23.7 Å². The molecule has 0 aromatic rings. The summed E-state index contributed by atoms with van der Waals surface area (Å²) in [6, 6.07) is -0.674. The predicted molar refractivity (Wildman–Crippen MR) is 76.3 cm³/mol. The van der Waals surface area contributed by atoms with Gasteiger partial charge >= 0.3 is 12.1 Å². The van der Waals surface area contributed by atoms with Crippen LogP contribution >= 0.6 is 0 Å². The van der Waals surface area contributed by atoms with Crippen LogP contribution in [0, 0.1) is 5.92 Å². The molecule has 2 atom stereocenters. The van der Waals surface area contributed by atoms with Crippen LogP contribution in [-0.2, 0) is 14.3 Å². The average molecular weight is 283 g/mol. The van der Waals surface area contributed by atoms with Crippen molar-refractivity contribution in [2.45, 2.75) is 58.1 Å². The monoisotopic (exact) mass is 283 g/mol. The Kier molecular flexibility index (Phi) is 5.60. The average Bonchev–Trinajstić information content (AvgIpc) is 2.33. The Balaban J connectivity index is 2.72. The Morgan fingerprint density at radius 1 is 1.40 bits per heavy atom. The van der Waals surface area contributed by atoms with Crippen molar-refractivity contribution in [1.29, 1.82) is 0 Å². The molecule has 0 heterocycles. The van der Waals surface area contributed by atoms with E-state index in [2.05, 4.69) is 11.9 Å². The number of rotatable bonds is 3. The number of allylic oxidation sites excluding steroid dienone is 1. The fourth-order valence-electron chi connectivity index (χ4n) is 2.40. The van der Waals surface area contributed by atoms with Crippen LogP contribution < -0.4 is 5.32 Å². The van der Waals surface area contributed by atoms with Gasteiger partial charge in [-0.1, -0.05) is 12.2 Å². The number of hydrogen-bond acceptors (Lipinski definition) is 4. The van der Waals surface area contributed by atoms with Gasteiger partial charge in [-0.25, -0.2) is 9.59 Å². The molecule has 0 saturated heterocycles. The van der Waals surface area contributed by atoms with Gasteiger partial charge < -0.3 is 14.8 Å². The van der Waals surface area contributed by atoms with Crippen LogP contribution in [0.25, 0.3) is 0 Å². The van der Waals surface area contributed by atoms with E-state index in [9.17, 15) is 9.59 Å². The van der Waals surface area contributed by atoms with E-state index in [0.717, 1.165) is 31.3 Å². The standard InChI is InChI=1S/C15H25NO4/c1-10-7-6-8-11(9-10)12(13(17)19-5)16-14(18)20-15(2,3)4/h11-12H,1,6-9H2,2-5H3,(H,16,18)/t11-,12-/m0/s1. The first-order chi connectivity index (χ1) is 9.23. The lowest BCUT2D eigenvalue weighted by Gasteiger charge is -2.30. The molecule has 1 saturated carbocycles. The smallest absolute Gasteiger partial charge is 0.408 e. The molecule has 1 rings (SSSR count). The minimum Gasteiger partial charge on any atom is -0.467 e. The van der Waals surface area contributed by atoms with Crippen LogP contribution in [0.1, 0.15) is 46.5 Å². The first-order valence-corrected chi connectivity index (χ1v) is 6.97. The number of hydrogen-bond donors (Lipinski definition) is 1. The molecule has 1 aliphatic carbocycles. The van der Waals surface area contributed by atoms with E-state index in [1.54, 1.807) is 20.8 Å². The highest BCUT2D eigenvalue weighted by Crippen LogP contribution is 2.30. The summed E-state index contributed by atoms with van der Waals surface area (Å²) in [4.78, 5) is 23.7. The van der Waals surface area contributed by atoms with Crippen LogP contribution in [0.5, 0.6) is 0 Å². The summed E-state index contributed by atoms with van der Waals surface area (Å²) < 4.78 is 9.99. The highest BCUT2D eigenvalue weighted by Gasteiger charge is 2.33. The number of methoxy groups -OCH3 is 1. The SMILES string of the molecule is C=C1CCC[C@H]([C@H](NC(=O)OC(C)(C)C)C(=O)OC)C1. The van der Waals surface area contributed by atoms with Gasteiger partial charge in [0.2, 0.25) is 0 Å². The molecule has 20 heavy (non-hydrogen) atoms. The van der Waals surface area contributed by atoms with Crippen LogP contribution in [0.15, 0.2) is 12.2 Å². The lowest BCUT2D eigenvalue weighted by molar-refractivity contribution is -0.144. The molecule has 114 valence electrons. The Morgan fingerprint density at radius 2 is 2.05 bits per heavy atom. The molecule has 0 bridgehead atoms. The molecule has 1 fully saturated rings. The predicted octanol–water partition coefficient (Wildman–Crippen LogP) is 2.80. The van der Waals surface area contributed by atoms with Gasteiger partial charge in [-0.05, 0) is 52.4 Å². The van der Waals surface area contributed by atoms with E-state index >= 15 is 0 Å². The molecule has 0 unspecified atom stereocenters. The lowest BCUT2D eigenvalue weighted by Crippen LogP contribution is -2.48. The summed E-state index contributed by atoms with van der Waals surface area (Å²) in [7, 11) is 1.32. The van der Waals surface area contributed by atoms with Crippen molar-refractivity contribution in [2.75, 3.05) is 7.11 Å². The molecule has 0 aromatic carbocycles. The Bertz CT molecular complexity index is 384. The molecule has 0 aromatic heterocycles. The molecule has 0 radical (unpaired) electrons. The van der Waals surface area contributed by atoms with Crippen molar-refractivity contribution in [2.24, 2.45) is 5.92 Å². The summed E-state index contributed by atoms with van der Waals surface area (Å²) in [5.41, 5.74) is 0.516. The van der Waals surface area contributed by atoms with Gasteiger partial charge in [0.15, 0.2) is 0 Å². The molecular weight excluding hydrogens is 258 g/mol. The number of ether oxygens (including phenoxy) is 2. The molecule has 1 amide bonds. The minimum absolute atomic E-state index is 0.0243. The number of alkyl carbamates (subject to hydrolysis) is 1. The van der Waals surface area contributed by atoms with Crippen LogP contribution in [0.2, 0.25) is 0 Å². The van der Waals surface area contributed by atoms with Gasteiger partial charge in [0, 0.05) is 0 Å². The number of nitrogens with one attached hydrogen (secondary N) is 1. The van der Waals surface area contributed by atoms with Crippen molar-refractivity contribution in [1.82, 2.24) is 5.32 Å². The van der Waals surface area contributed by atoms with Gasteiger partial charge in [-0.2, -0.15) is 0 Å².